The lowest BCUT2D eigenvalue weighted by atomic mass is 10.1. The van der Waals surface area contributed by atoms with E-state index in [1.54, 1.807) is 23.1 Å². The van der Waals surface area contributed by atoms with Crippen LogP contribution in [0.2, 0.25) is 0 Å². The molecular weight excluding hydrogens is 386 g/mol. The van der Waals surface area contributed by atoms with Gasteiger partial charge in [-0.15, -0.1) is 0 Å². The predicted octanol–water partition coefficient (Wildman–Crippen LogP) is 2.24. The van der Waals surface area contributed by atoms with E-state index >= 15 is 0 Å². The number of Topliss-reactive ketones (excluding diaryl/α,β-unsaturated/α-hetero) is 1. The molecule has 1 N–H and O–H groups in total. The molecule has 0 fully saturated rings. The summed E-state index contributed by atoms with van der Waals surface area (Å²) in [6.07, 6.45) is 0.759. The van der Waals surface area contributed by atoms with Gasteiger partial charge in [0, 0.05) is 22.9 Å². The Morgan fingerprint density at radius 2 is 2.04 bits per heavy atom. The average molecular weight is 405 g/mol. The van der Waals surface area contributed by atoms with Crippen molar-refractivity contribution in [1.29, 1.82) is 0 Å². The Balaban J connectivity index is 1.71. The van der Waals surface area contributed by atoms with E-state index in [2.05, 4.69) is 0 Å². The van der Waals surface area contributed by atoms with Gasteiger partial charge < -0.3 is 19.2 Å². The highest BCUT2D eigenvalue weighted by atomic mass is 32.2. The second kappa shape index (κ2) is 8.39. The van der Waals surface area contributed by atoms with Gasteiger partial charge in [0.2, 0.25) is 5.76 Å². The first-order valence-corrected chi connectivity index (χ1v) is 10.1. The number of carbonyl (C=O) groups is 3. The molecule has 1 aromatic heterocycles. The van der Waals surface area contributed by atoms with E-state index in [9.17, 15) is 18.6 Å². The zero-order valence-corrected chi connectivity index (χ0v) is 16.0. The predicted molar refractivity (Wildman–Crippen MR) is 101 cm³/mol. The van der Waals surface area contributed by atoms with Crippen molar-refractivity contribution in [3.63, 3.8) is 0 Å². The minimum Gasteiger partial charge on any atom is -0.482 e. The highest BCUT2D eigenvalue weighted by molar-refractivity contribution is 7.85. The molecule has 0 saturated carbocycles. The van der Waals surface area contributed by atoms with Crippen LogP contribution in [-0.4, -0.2) is 45.9 Å². The molecule has 2 aromatic rings. The maximum atomic E-state index is 12.5. The third kappa shape index (κ3) is 4.30. The number of nitrogens with zero attached hydrogens (tertiary/aromatic N) is 1. The molecule has 2 heterocycles. The zero-order valence-electron chi connectivity index (χ0n) is 15.2. The second-order valence-corrected chi connectivity index (χ2v) is 7.70. The lowest BCUT2D eigenvalue weighted by Crippen LogP contribution is -2.39. The van der Waals surface area contributed by atoms with Crippen molar-refractivity contribution in [1.82, 2.24) is 0 Å². The van der Waals surface area contributed by atoms with Gasteiger partial charge in [0.25, 0.3) is 5.91 Å². The van der Waals surface area contributed by atoms with Gasteiger partial charge in [0.1, 0.15) is 11.5 Å². The quantitative estimate of drug-likeness (QED) is 0.670. The minimum atomic E-state index is -1.57. The Morgan fingerprint density at radius 3 is 2.71 bits per heavy atom. The fourth-order valence-corrected chi connectivity index (χ4v) is 3.89. The van der Waals surface area contributed by atoms with Gasteiger partial charge in [-0.1, -0.05) is 6.92 Å². The van der Waals surface area contributed by atoms with E-state index in [0.717, 1.165) is 6.42 Å². The summed E-state index contributed by atoms with van der Waals surface area (Å²) >= 11 is 0. The number of carbonyl (C=O) groups excluding carboxylic acids is 2. The fraction of sp³-hybridized carbons (Fsp3) is 0.316. The molecule has 1 unspecified atom stereocenters. The van der Waals surface area contributed by atoms with Crippen molar-refractivity contribution in [3.8, 4) is 5.75 Å². The molecule has 1 amide bonds. The van der Waals surface area contributed by atoms with Gasteiger partial charge in [-0.2, -0.15) is 0 Å². The van der Waals surface area contributed by atoms with Crippen LogP contribution in [0.3, 0.4) is 0 Å². The summed E-state index contributed by atoms with van der Waals surface area (Å²) in [4.78, 5) is 37.0. The van der Waals surface area contributed by atoms with Crippen LogP contribution in [-0.2, 0) is 21.3 Å². The summed E-state index contributed by atoms with van der Waals surface area (Å²) in [5, 5.41) is 8.84. The maximum absolute atomic E-state index is 12.5. The summed E-state index contributed by atoms with van der Waals surface area (Å²) in [5.74, 6) is -1.51. The van der Waals surface area contributed by atoms with Crippen molar-refractivity contribution in [2.75, 3.05) is 23.8 Å². The maximum Gasteiger partial charge on any atom is 0.371 e. The van der Waals surface area contributed by atoms with E-state index < -0.39 is 16.8 Å². The topological polar surface area (TPSA) is 114 Å². The van der Waals surface area contributed by atoms with Gasteiger partial charge in [-0.05, 0) is 36.8 Å². The van der Waals surface area contributed by atoms with Gasteiger partial charge >= 0.3 is 5.97 Å². The van der Waals surface area contributed by atoms with Crippen LogP contribution in [0.1, 0.15) is 40.0 Å². The van der Waals surface area contributed by atoms with Gasteiger partial charge in [0.05, 0.1) is 17.2 Å². The molecule has 1 aliphatic heterocycles. The lowest BCUT2D eigenvalue weighted by molar-refractivity contribution is -0.121. The molecule has 1 aliphatic rings. The number of amides is 1. The fourth-order valence-electron chi connectivity index (χ4n) is 2.85. The number of fused-ring (bicyclic) bond motifs is 1. The number of furan rings is 1. The van der Waals surface area contributed by atoms with Crippen LogP contribution in [0.4, 0.5) is 5.69 Å². The van der Waals surface area contributed by atoms with E-state index in [0.29, 0.717) is 23.5 Å². The summed E-state index contributed by atoms with van der Waals surface area (Å²) < 4.78 is 22.7. The smallest absolute Gasteiger partial charge is 0.371 e. The third-order valence-corrected chi connectivity index (χ3v) is 5.33. The SMILES string of the molecule is CCCN1C(=O)COc2ccc(C(=O)CS(=O)Cc3ccc(C(=O)O)o3)cc21. The van der Waals surface area contributed by atoms with Crippen LogP contribution < -0.4 is 9.64 Å². The molecule has 28 heavy (non-hydrogen) atoms. The van der Waals surface area contributed by atoms with E-state index in [-0.39, 0.29) is 41.3 Å². The summed E-state index contributed by atoms with van der Waals surface area (Å²) in [6, 6.07) is 7.49. The number of ether oxygens (including phenoxy) is 1. The Hall–Kier alpha value is -2.94. The largest absolute Gasteiger partial charge is 0.482 e. The normalized spacial score (nSPS) is 14.3. The summed E-state index contributed by atoms with van der Waals surface area (Å²) in [7, 11) is -1.57. The lowest BCUT2D eigenvalue weighted by Gasteiger charge is -2.29. The first-order valence-electron chi connectivity index (χ1n) is 8.66. The van der Waals surface area contributed by atoms with Gasteiger partial charge in [0.15, 0.2) is 12.4 Å². The Labute approximate surface area is 163 Å². The van der Waals surface area contributed by atoms with Crippen LogP contribution in [0.25, 0.3) is 0 Å². The Kier molecular flexibility index (Phi) is 5.93. The zero-order chi connectivity index (χ0) is 20.3. The number of carboxylic acid groups (broad SMARTS) is 1. The van der Waals surface area contributed by atoms with Crippen LogP contribution >= 0.6 is 0 Å². The molecule has 1 atom stereocenters. The number of carboxylic acids is 1. The monoisotopic (exact) mass is 405 g/mol. The summed E-state index contributed by atoms with van der Waals surface area (Å²) in [5.41, 5.74) is 0.865. The number of hydrogen-bond acceptors (Lipinski definition) is 6. The number of aromatic carboxylic acids is 1. The standard InChI is InChI=1S/C19H19NO7S/c1-2-7-20-14-8-12(3-5-16(14)26-9-18(20)22)15(21)11-28(25)10-13-4-6-17(27-13)19(23)24/h3-6,8H,2,7,9-11H2,1H3,(H,23,24). The molecular formula is C19H19NO7S. The molecule has 148 valence electrons. The molecule has 8 nitrogen and oxygen atoms in total. The van der Waals surface area contributed by atoms with Crippen molar-refractivity contribution >= 4 is 34.1 Å². The molecule has 9 heteroatoms. The Morgan fingerprint density at radius 1 is 1.25 bits per heavy atom. The van der Waals surface area contributed by atoms with Crippen molar-refractivity contribution in [3.05, 3.63) is 47.4 Å². The van der Waals surface area contributed by atoms with Gasteiger partial charge in [-0.3, -0.25) is 13.8 Å². The van der Waals surface area contributed by atoms with E-state index in [1.165, 1.54) is 12.1 Å². The molecule has 0 bridgehead atoms. The average Bonchev–Trinajstić information content (AvgIpc) is 3.12. The van der Waals surface area contributed by atoms with E-state index in [4.69, 9.17) is 14.3 Å². The summed E-state index contributed by atoms with van der Waals surface area (Å²) in [6.45, 7) is 2.43. The third-order valence-electron chi connectivity index (χ3n) is 4.14. The molecule has 0 saturated heterocycles. The highest BCUT2D eigenvalue weighted by Crippen LogP contribution is 2.33. The van der Waals surface area contributed by atoms with Crippen molar-refractivity contribution < 1.29 is 32.9 Å². The van der Waals surface area contributed by atoms with Crippen LogP contribution in [0.15, 0.2) is 34.7 Å². The number of anilines is 1. The highest BCUT2D eigenvalue weighted by Gasteiger charge is 2.26. The molecule has 3 rings (SSSR count). The minimum absolute atomic E-state index is 0.0359. The van der Waals surface area contributed by atoms with Gasteiger partial charge in [-0.25, -0.2) is 4.79 Å². The van der Waals surface area contributed by atoms with E-state index in [1.807, 2.05) is 6.92 Å². The number of hydrogen-bond donors (Lipinski definition) is 1. The first kappa shape index (κ1) is 19.8. The Bertz CT molecular complexity index is 950. The van der Waals surface area contributed by atoms with Crippen LogP contribution in [0.5, 0.6) is 5.75 Å². The number of rotatable bonds is 8. The van der Waals surface area contributed by atoms with Crippen LogP contribution in [0, 0.1) is 0 Å². The molecule has 0 spiro atoms. The molecule has 0 aliphatic carbocycles. The van der Waals surface area contributed by atoms with Crippen molar-refractivity contribution in [2.45, 2.75) is 19.1 Å². The number of ketones is 1. The first-order chi connectivity index (χ1) is 13.4. The number of benzene rings is 1. The molecule has 1 aromatic carbocycles. The molecule has 0 radical (unpaired) electrons. The van der Waals surface area contributed by atoms with Crippen molar-refractivity contribution in [2.24, 2.45) is 0 Å². The second-order valence-electron chi connectivity index (χ2n) is 6.24.